The second-order valence-corrected chi connectivity index (χ2v) is 16.2. The molecule has 0 saturated carbocycles. The van der Waals surface area contributed by atoms with E-state index in [1.54, 1.807) is 48.5 Å². The van der Waals surface area contributed by atoms with Crippen molar-refractivity contribution in [2.24, 2.45) is 20.5 Å². The topological polar surface area (TPSA) is 200 Å². The highest BCUT2D eigenvalue weighted by molar-refractivity contribution is 6.41. The number of hydrogen-bond donors (Lipinski definition) is 4. The van der Waals surface area contributed by atoms with E-state index in [4.69, 9.17) is 69.6 Å². The van der Waals surface area contributed by atoms with Gasteiger partial charge < -0.3 is 21.3 Å². The van der Waals surface area contributed by atoms with E-state index < -0.39 is 47.3 Å². The van der Waals surface area contributed by atoms with Gasteiger partial charge in [-0.1, -0.05) is 95.6 Å². The summed E-state index contributed by atoms with van der Waals surface area (Å²) in [4.78, 5) is 78.8. The predicted molar refractivity (Wildman–Crippen MR) is 252 cm³/mol. The van der Waals surface area contributed by atoms with Gasteiger partial charge in [-0.3, -0.25) is 28.8 Å². The Morgan fingerprint density at radius 2 is 0.859 bits per heavy atom. The van der Waals surface area contributed by atoms with Crippen LogP contribution in [0.5, 0.6) is 0 Å². The van der Waals surface area contributed by atoms with Gasteiger partial charge in [-0.2, -0.15) is 20.5 Å². The van der Waals surface area contributed by atoms with Crippen LogP contribution in [0.4, 0.5) is 34.1 Å². The van der Waals surface area contributed by atoms with Crippen LogP contribution >= 0.6 is 69.6 Å². The summed E-state index contributed by atoms with van der Waals surface area (Å²) < 4.78 is 0. The maximum absolute atomic E-state index is 13.6. The van der Waals surface area contributed by atoms with E-state index in [0.29, 0.717) is 35.3 Å². The zero-order chi connectivity index (χ0) is 46.8. The number of Topliss-reactive ketones (excluding diaryl/α,β-unsaturated/α-hetero) is 2. The van der Waals surface area contributed by atoms with Crippen LogP contribution < -0.4 is 21.3 Å². The predicted octanol–water partition coefficient (Wildman–Crippen LogP) is 12.6. The maximum atomic E-state index is 13.6. The number of carbonyl (C=O) groups excluding carboxylic acids is 6. The number of aryl methyl sites for hydroxylation is 2. The van der Waals surface area contributed by atoms with Crippen molar-refractivity contribution >= 4 is 139 Å². The Morgan fingerprint density at radius 1 is 0.484 bits per heavy atom. The van der Waals surface area contributed by atoms with E-state index in [1.165, 1.54) is 50.2 Å². The van der Waals surface area contributed by atoms with Crippen molar-refractivity contribution in [3.8, 4) is 0 Å². The Labute approximate surface area is 397 Å². The molecule has 0 spiro atoms. The molecule has 5 aromatic rings. The number of anilines is 4. The van der Waals surface area contributed by atoms with Gasteiger partial charge in [-0.15, -0.1) is 0 Å². The van der Waals surface area contributed by atoms with E-state index >= 15 is 0 Å². The van der Waals surface area contributed by atoms with E-state index in [1.807, 2.05) is 13.8 Å². The molecule has 2 unspecified atom stereocenters. The molecule has 64 heavy (non-hydrogen) atoms. The van der Waals surface area contributed by atoms with E-state index in [9.17, 15) is 28.8 Å². The Bertz CT molecular complexity index is 2680. The lowest BCUT2D eigenvalue weighted by atomic mass is 10.0. The Balaban J connectivity index is 1.31. The Morgan fingerprint density at radius 3 is 1.22 bits per heavy atom. The number of azo groups is 2. The number of rotatable bonds is 16. The molecule has 5 rings (SSSR count). The molecular formula is C44H36Cl6N8O6. The van der Waals surface area contributed by atoms with Crippen LogP contribution in [0.2, 0.25) is 30.1 Å². The van der Waals surface area contributed by atoms with E-state index in [-0.39, 0.29) is 64.0 Å². The van der Waals surface area contributed by atoms with Gasteiger partial charge in [0.15, 0.2) is 11.6 Å². The highest BCUT2D eigenvalue weighted by Crippen LogP contribution is 2.34. The summed E-state index contributed by atoms with van der Waals surface area (Å²) in [6.07, 6.45) is 0.747. The van der Waals surface area contributed by atoms with Crippen molar-refractivity contribution in [1.82, 2.24) is 0 Å². The number of carbonyl (C=O) groups is 6. The van der Waals surface area contributed by atoms with Gasteiger partial charge in [0.05, 0.1) is 64.0 Å². The lowest BCUT2D eigenvalue weighted by Gasteiger charge is -2.19. The second kappa shape index (κ2) is 22.2. The van der Waals surface area contributed by atoms with Crippen molar-refractivity contribution in [2.75, 3.05) is 21.3 Å². The zero-order valence-corrected chi connectivity index (χ0v) is 38.7. The molecule has 0 aliphatic heterocycles. The molecule has 4 amide bonds. The largest absolute Gasteiger partial charge is 0.324 e. The van der Waals surface area contributed by atoms with Gasteiger partial charge in [0.1, 0.15) is 0 Å². The summed E-state index contributed by atoms with van der Waals surface area (Å²) >= 11 is 37.4. The molecule has 330 valence electrons. The highest BCUT2D eigenvalue weighted by atomic mass is 35.5. The van der Waals surface area contributed by atoms with Gasteiger partial charge in [0.2, 0.25) is 12.1 Å². The molecule has 0 heterocycles. The minimum Gasteiger partial charge on any atom is -0.324 e. The normalized spacial score (nSPS) is 12.2. The third-order valence-electron chi connectivity index (χ3n) is 9.22. The Kier molecular flexibility index (Phi) is 17.1. The van der Waals surface area contributed by atoms with Crippen LogP contribution in [0.1, 0.15) is 59.5 Å². The number of nitrogens with zero attached hydrogens (tertiary/aromatic N) is 4. The highest BCUT2D eigenvalue weighted by Gasteiger charge is 2.27. The van der Waals surface area contributed by atoms with Gasteiger partial charge in [-0.25, -0.2) is 0 Å². The molecule has 0 aliphatic rings. The monoisotopic (exact) mass is 982 g/mol. The molecule has 5 aromatic carbocycles. The first kappa shape index (κ1) is 49.3. The molecule has 0 radical (unpaired) electrons. The zero-order valence-electron chi connectivity index (χ0n) is 34.2. The average molecular weight is 986 g/mol. The molecule has 2 atom stereocenters. The van der Waals surface area contributed by atoms with Crippen LogP contribution in [0.15, 0.2) is 105 Å². The lowest BCUT2D eigenvalue weighted by molar-refractivity contribution is -0.127. The number of amides is 4. The molecule has 4 N–H and O–H groups in total. The molecular weight excluding hydrogens is 949 g/mol. The van der Waals surface area contributed by atoms with Gasteiger partial charge >= 0.3 is 0 Å². The quantitative estimate of drug-likeness (QED) is 0.0560. The van der Waals surface area contributed by atoms with Crippen molar-refractivity contribution in [2.45, 2.75) is 52.6 Å². The molecule has 14 nitrogen and oxygen atoms in total. The van der Waals surface area contributed by atoms with Crippen LogP contribution in [-0.2, 0) is 32.0 Å². The number of ketones is 2. The fourth-order valence-corrected chi connectivity index (χ4v) is 7.33. The average Bonchev–Trinajstić information content (AvgIpc) is 3.24. The maximum Gasteiger partial charge on any atom is 0.258 e. The van der Waals surface area contributed by atoms with E-state index in [0.717, 1.165) is 0 Å². The van der Waals surface area contributed by atoms with Crippen LogP contribution in [0.3, 0.4) is 0 Å². The van der Waals surface area contributed by atoms with Crippen molar-refractivity contribution in [3.63, 3.8) is 0 Å². The minimum absolute atomic E-state index is 0.000513. The minimum atomic E-state index is -1.59. The molecule has 20 heteroatoms. The van der Waals surface area contributed by atoms with Gasteiger partial charge in [0, 0.05) is 11.4 Å². The van der Waals surface area contributed by atoms with Crippen molar-refractivity contribution < 1.29 is 28.8 Å². The fraction of sp³-hybridized carbons (Fsp3) is 0.182. The molecule has 0 aliphatic carbocycles. The molecule has 0 saturated heterocycles. The number of hydrogen-bond acceptors (Lipinski definition) is 10. The summed E-state index contributed by atoms with van der Waals surface area (Å²) in [6, 6.07) is 17.8. The summed E-state index contributed by atoms with van der Waals surface area (Å²) in [5.74, 6) is -4.12. The molecule has 0 aromatic heterocycles. The summed E-state index contributed by atoms with van der Waals surface area (Å²) in [6.45, 7) is 6.00. The van der Waals surface area contributed by atoms with E-state index in [2.05, 4.69) is 41.7 Å². The number of halogens is 6. The molecule has 0 fully saturated rings. The van der Waals surface area contributed by atoms with Crippen molar-refractivity contribution in [3.05, 3.63) is 137 Å². The first-order valence-electron chi connectivity index (χ1n) is 19.1. The third-order valence-corrected chi connectivity index (χ3v) is 11.1. The SMILES string of the molecule is CCc1cc(NC(=O)C(N=Nc2ccc(Cl)c(C(=O)Nc3c(Cl)cccc3Cl)c2)C(C)=O)cc(CC)c1NC(=O)C(N=Nc1ccc(Cl)c(C(=O)Nc2c(Cl)cccc2Cl)c1)C(C)=O. The van der Waals surface area contributed by atoms with Crippen LogP contribution in [0.25, 0.3) is 0 Å². The summed E-state index contributed by atoms with van der Waals surface area (Å²) in [5.41, 5.74) is 2.45. The summed E-state index contributed by atoms with van der Waals surface area (Å²) in [7, 11) is 0. The third kappa shape index (κ3) is 12.3. The first-order chi connectivity index (χ1) is 30.4. The number of benzene rings is 5. The second-order valence-electron chi connectivity index (χ2n) is 13.7. The smallest absolute Gasteiger partial charge is 0.258 e. The van der Waals surface area contributed by atoms with Gasteiger partial charge in [0.25, 0.3) is 23.6 Å². The van der Waals surface area contributed by atoms with Crippen LogP contribution in [-0.4, -0.2) is 47.3 Å². The Hall–Kier alpha value is -5.74. The number of para-hydroxylation sites is 2. The van der Waals surface area contributed by atoms with Crippen molar-refractivity contribution in [1.29, 1.82) is 0 Å². The fourth-order valence-electron chi connectivity index (χ4n) is 5.94. The summed E-state index contributed by atoms with van der Waals surface area (Å²) in [5, 5.41) is 27.9. The van der Waals surface area contributed by atoms with Gasteiger partial charge in [-0.05, 0) is 111 Å². The standard InChI is InChI=1S/C44H36Cl6N8O6/c1-5-23-17-27(51-43(63)36(21(3)59)57-55-25-13-15-30(45)28(19-25)41(61)53-39-32(47)9-7-10-33(39)48)18-24(6-2)38(23)52-44(64)37(22(4)60)58-56-26-14-16-31(46)29(20-26)42(62)54-40-34(49)11-8-12-35(40)50/h7-20,36-37H,5-6H2,1-4H3,(H,51,63)(H,52,64)(H,53,61)(H,54,62). The van der Waals surface area contributed by atoms with Crippen LogP contribution in [0, 0.1) is 0 Å². The first-order valence-corrected chi connectivity index (χ1v) is 21.4. The molecule has 0 bridgehead atoms. The number of nitrogens with one attached hydrogen (secondary N) is 4. The lowest BCUT2D eigenvalue weighted by Crippen LogP contribution is -2.33.